The highest BCUT2D eigenvalue weighted by molar-refractivity contribution is 7.90. The standard InChI is InChI=1S/C19H20ClNO3S/c1-3-19(12-11-15-16(19)5-4-6-17(15)20)18(22)21-25(23,24)14-9-7-13(2)8-10-14/h4-10H,3,11-12H2,1-2H3,(H,21,22). The summed E-state index contributed by atoms with van der Waals surface area (Å²) in [4.78, 5) is 13.1. The lowest BCUT2D eigenvalue weighted by molar-refractivity contribution is -0.125. The summed E-state index contributed by atoms with van der Waals surface area (Å²) in [5, 5.41) is 0.627. The molecule has 132 valence electrons. The number of fused-ring (bicyclic) bond motifs is 1. The van der Waals surface area contributed by atoms with Crippen LogP contribution in [-0.4, -0.2) is 14.3 Å². The van der Waals surface area contributed by atoms with E-state index in [-0.39, 0.29) is 4.90 Å². The summed E-state index contributed by atoms with van der Waals surface area (Å²) >= 11 is 6.25. The molecule has 0 aliphatic heterocycles. The molecule has 1 aliphatic rings. The van der Waals surface area contributed by atoms with E-state index in [0.717, 1.165) is 16.7 Å². The van der Waals surface area contributed by atoms with E-state index in [2.05, 4.69) is 4.72 Å². The van der Waals surface area contributed by atoms with Gasteiger partial charge in [0, 0.05) is 5.02 Å². The normalized spacial score (nSPS) is 19.5. The number of carbonyl (C=O) groups is 1. The molecular weight excluding hydrogens is 358 g/mol. The Labute approximate surface area is 153 Å². The minimum atomic E-state index is -3.91. The van der Waals surface area contributed by atoms with Crippen LogP contribution in [-0.2, 0) is 26.7 Å². The van der Waals surface area contributed by atoms with Crippen LogP contribution < -0.4 is 4.72 Å². The van der Waals surface area contributed by atoms with Gasteiger partial charge in [-0.25, -0.2) is 13.1 Å². The summed E-state index contributed by atoms with van der Waals surface area (Å²) < 4.78 is 27.5. The molecule has 25 heavy (non-hydrogen) atoms. The summed E-state index contributed by atoms with van der Waals surface area (Å²) in [6.45, 7) is 3.77. The number of aryl methyl sites for hydroxylation is 1. The third-order valence-electron chi connectivity index (χ3n) is 5.03. The number of sulfonamides is 1. The topological polar surface area (TPSA) is 63.2 Å². The average Bonchev–Trinajstić information content (AvgIpc) is 2.96. The lowest BCUT2D eigenvalue weighted by Gasteiger charge is -2.27. The van der Waals surface area contributed by atoms with Crippen molar-refractivity contribution in [1.82, 2.24) is 4.72 Å². The fourth-order valence-corrected chi connectivity index (χ4v) is 4.81. The monoisotopic (exact) mass is 377 g/mol. The maximum Gasteiger partial charge on any atom is 0.264 e. The quantitative estimate of drug-likeness (QED) is 0.882. The third-order valence-corrected chi connectivity index (χ3v) is 6.73. The summed E-state index contributed by atoms with van der Waals surface area (Å²) in [6.07, 6.45) is 1.73. The molecule has 0 spiro atoms. The molecule has 0 bridgehead atoms. The Bertz CT molecular complexity index is 922. The molecule has 1 aliphatic carbocycles. The van der Waals surface area contributed by atoms with Gasteiger partial charge in [0.05, 0.1) is 10.3 Å². The highest BCUT2D eigenvalue weighted by Crippen LogP contribution is 2.44. The molecule has 2 aromatic rings. The van der Waals surface area contributed by atoms with Crippen molar-refractivity contribution >= 4 is 27.5 Å². The fraction of sp³-hybridized carbons (Fsp3) is 0.316. The molecule has 0 fully saturated rings. The van der Waals surface area contributed by atoms with Gasteiger partial charge in [-0.05, 0) is 55.5 Å². The van der Waals surface area contributed by atoms with Crippen LogP contribution in [0.5, 0.6) is 0 Å². The number of hydrogen-bond donors (Lipinski definition) is 1. The average molecular weight is 378 g/mol. The maximum absolute atomic E-state index is 13.0. The van der Waals surface area contributed by atoms with Crippen molar-refractivity contribution in [3.8, 4) is 0 Å². The van der Waals surface area contributed by atoms with Gasteiger partial charge < -0.3 is 0 Å². The van der Waals surface area contributed by atoms with Crippen LogP contribution in [0, 0.1) is 6.92 Å². The number of amides is 1. The van der Waals surface area contributed by atoms with Crippen molar-refractivity contribution in [3.05, 3.63) is 64.2 Å². The van der Waals surface area contributed by atoms with E-state index in [1.54, 1.807) is 24.3 Å². The van der Waals surface area contributed by atoms with Crippen molar-refractivity contribution in [2.75, 3.05) is 0 Å². The molecule has 0 saturated heterocycles. The van der Waals surface area contributed by atoms with Crippen LogP contribution in [0.25, 0.3) is 0 Å². The predicted octanol–water partition coefficient (Wildman–Crippen LogP) is 3.75. The van der Waals surface area contributed by atoms with Gasteiger partial charge in [-0.15, -0.1) is 0 Å². The van der Waals surface area contributed by atoms with Crippen molar-refractivity contribution in [2.24, 2.45) is 0 Å². The zero-order valence-electron chi connectivity index (χ0n) is 14.2. The van der Waals surface area contributed by atoms with Gasteiger partial charge in [0.2, 0.25) is 5.91 Å². The highest BCUT2D eigenvalue weighted by atomic mass is 35.5. The largest absolute Gasteiger partial charge is 0.273 e. The van der Waals surface area contributed by atoms with Gasteiger partial charge in [0.25, 0.3) is 10.0 Å². The van der Waals surface area contributed by atoms with Gasteiger partial charge in [-0.1, -0.05) is 48.4 Å². The van der Waals surface area contributed by atoms with Gasteiger partial charge in [0.15, 0.2) is 0 Å². The van der Waals surface area contributed by atoms with Crippen LogP contribution in [0.1, 0.15) is 36.5 Å². The summed E-state index contributed by atoms with van der Waals surface area (Å²) in [7, 11) is -3.91. The van der Waals surface area contributed by atoms with E-state index in [4.69, 9.17) is 11.6 Å². The van der Waals surface area contributed by atoms with Crippen molar-refractivity contribution in [2.45, 2.75) is 43.4 Å². The van der Waals surface area contributed by atoms with E-state index in [1.165, 1.54) is 12.1 Å². The lowest BCUT2D eigenvalue weighted by Crippen LogP contribution is -2.45. The first-order chi connectivity index (χ1) is 11.8. The predicted molar refractivity (Wildman–Crippen MR) is 98.2 cm³/mol. The number of benzene rings is 2. The molecule has 0 heterocycles. The molecule has 1 atom stereocenters. The molecule has 2 aromatic carbocycles. The van der Waals surface area contributed by atoms with Crippen molar-refractivity contribution in [3.63, 3.8) is 0 Å². The van der Waals surface area contributed by atoms with Crippen molar-refractivity contribution in [1.29, 1.82) is 0 Å². The first-order valence-electron chi connectivity index (χ1n) is 8.22. The molecule has 1 N–H and O–H groups in total. The molecule has 4 nitrogen and oxygen atoms in total. The Balaban J connectivity index is 1.95. The van der Waals surface area contributed by atoms with Gasteiger partial charge in [0.1, 0.15) is 0 Å². The summed E-state index contributed by atoms with van der Waals surface area (Å²) in [6, 6.07) is 11.9. The lowest BCUT2D eigenvalue weighted by atomic mass is 9.79. The first-order valence-corrected chi connectivity index (χ1v) is 10.1. The molecular formula is C19H20ClNO3S. The van der Waals surface area contributed by atoms with E-state index >= 15 is 0 Å². The maximum atomic E-state index is 13.0. The van der Waals surface area contributed by atoms with Gasteiger partial charge in [-0.2, -0.15) is 0 Å². The fourth-order valence-electron chi connectivity index (χ4n) is 3.49. The number of nitrogens with one attached hydrogen (secondary N) is 1. The molecule has 0 aromatic heterocycles. The Morgan fingerprint density at radius 2 is 1.88 bits per heavy atom. The van der Waals surface area contributed by atoms with Crippen LogP contribution in [0.15, 0.2) is 47.4 Å². The Kier molecular flexibility index (Phi) is 4.64. The van der Waals surface area contributed by atoms with Crippen LogP contribution in [0.2, 0.25) is 5.02 Å². The zero-order chi connectivity index (χ0) is 18.2. The second-order valence-electron chi connectivity index (χ2n) is 6.45. The highest BCUT2D eigenvalue weighted by Gasteiger charge is 2.45. The minimum absolute atomic E-state index is 0.0852. The Morgan fingerprint density at radius 1 is 1.20 bits per heavy atom. The molecule has 1 unspecified atom stereocenters. The van der Waals surface area contributed by atoms with E-state index in [9.17, 15) is 13.2 Å². The number of hydrogen-bond acceptors (Lipinski definition) is 3. The second kappa shape index (κ2) is 6.46. The van der Waals surface area contributed by atoms with E-state index in [0.29, 0.717) is 24.3 Å². The van der Waals surface area contributed by atoms with Crippen LogP contribution >= 0.6 is 11.6 Å². The zero-order valence-corrected chi connectivity index (χ0v) is 15.7. The molecule has 1 amide bonds. The summed E-state index contributed by atoms with van der Waals surface area (Å²) in [5.74, 6) is -0.489. The minimum Gasteiger partial charge on any atom is -0.273 e. The van der Waals surface area contributed by atoms with Crippen LogP contribution in [0.3, 0.4) is 0 Å². The van der Waals surface area contributed by atoms with E-state index in [1.807, 2.05) is 19.9 Å². The Morgan fingerprint density at radius 3 is 2.52 bits per heavy atom. The summed E-state index contributed by atoms with van der Waals surface area (Å²) in [5.41, 5.74) is 1.86. The van der Waals surface area contributed by atoms with E-state index < -0.39 is 21.3 Å². The smallest absolute Gasteiger partial charge is 0.264 e. The van der Waals surface area contributed by atoms with Crippen molar-refractivity contribution < 1.29 is 13.2 Å². The first kappa shape index (κ1) is 18.0. The number of halogens is 1. The number of rotatable bonds is 4. The van der Waals surface area contributed by atoms with Gasteiger partial charge >= 0.3 is 0 Å². The van der Waals surface area contributed by atoms with Crippen LogP contribution in [0.4, 0.5) is 0 Å². The Hall–Kier alpha value is -1.85. The second-order valence-corrected chi connectivity index (χ2v) is 8.54. The molecule has 0 saturated carbocycles. The molecule has 6 heteroatoms. The SMILES string of the molecule is CCC1(C(=O)NS(=O)(=O)c2ccc(C)cc2)CCc2c(Cl)cccc21. The number of carbonyl (C=O) groups excluding carboxylic acids is 1. The molecule has 3 rings (SSSR count). The van der Waals surface area contributed by atoms with Gasteiger partial charge in [-0.3, -0.25) is 4.79 Å². The third kappa shape index (κ3) is 3.07. The molecule has 0 radical (unpaired) electrons.